The van der Waals surface area contributed by atoms with Crippen molar-refractivity contribution in [3.05, 3.63) is 54.4 Å². The number of aromatic nitrogens is 1. The van der Waals surface area contributed by atoms with Crippen molar-refractivity contribution >= 4 is 31.8 Å². The third-order valence-electron chi connectivity index (χ3n) is 4.59. The normalized spacial score (nSPS) is 16.2. The molecule has 0 spiro atoms. The lowest BCUT2D eigenvalue weighted by Crippen LogP contribution is -2.50. The van der Waals surface area contributed by atoms with Crippen molar-refractivity contribution in [2.24, 2.45) is 0 Å². The van der Waals surface area contributed by atoms with Crippen molar-refractivity contribution in [2.45, 2.75) is 11.4 Å². The molecule has 30 heavy (non-hydrogen) atoms. The number of amides is 2. The Hall–Kier alpha value is -2.54. The minimum atomic E-state index is -3.75. The summed E-state index contributed by atoms with van der Waals surface area (Å²) < 4.78 is 51.3. The Labute approximate surface area is 176 Å². The van der Waals surface area contributed by atoms with Crippen LogP contribution >= 0.6 is 0 Å². The van der Waals surface area contributed by atoms with Gasteiger partial charge in [0, 0.05) is 50.8 Å². The molecule has 0 bridgehead atoms. The summed E-state index contributed by atoms with van der Waals surface area (Å²) in [6, 6.07) is 9.01. The van der Waals surface area contributed by atoms with E-state index in [0.717, 1.165) is 11.8 Å². The number of urea groups is 1. The van der Waals surface area contributed by atoms with E-state index in [2.05, 4.69) is 15.6 Å². The average Bonchev–Trinajstić information content (AvgIpc) is 2.73. The number of rotatable bonds is 6. The molecule has 2 heterocycles. The zero-order valence-corrected chi connectivity index (χ0v) is 18.0. The van der Waals surface area contributed by atoms with Gasteiger partial charge in [-0.25, -0.2) is 21.6 Å². The Balaban J connectivity index is 1.57. The number of carbonyl (C=O) groups is 1. The summed E-state index contributed by atoms with van der Waals surface area (Å²) in [7, 11) is -7.08. The first-order valence-corrected chi connectivity index (χ1v) is 12.4. The number of pyridine rings is 1. The summed E-state index contributed by atoms with van der Waals surface area (Å²) >= 11 is 0. The number of carbonyl (C=O) groups excluding carboxylic acids is 1. The minimum absolute atomic E-state index is 0.0802. The van der Waals surface area contributed by atoms with Gasteiger partial charge >= 0.3 is 6.03 Å². The summed E-state index contributed by atoms with van der Waals surface area (Å²) in [5, 5.41) is 5.33. The molecule has 10 nitrogen and oxygen atoms in total. The molecule has 12 heteroatoms. The van der Waals surface area contributed by atoms with E-state index in [9.17, 15) is 21.6 Å². The fourth-order valence-electron chi connectivity index (χ4n) is 2.96. The van der Waals surface area contributed by atoms with E-state index in [-0.39, 0.29) is 31.1 Å². The summed E-state index contributed by atoms with van der Waals surface area (Å²) in [6.07, 6.45) is 4.40. The SMILES string of the molecule is CS(=O)(=O)N1CCN(S(=O)(=O)c2ccc(NC(=O)NCc3cccnc3)cc2)CC1. The van der Waals surface area contributed by atoms with Crippen molar-refractivity contribution in [1.29, 1.82) is 0 Å². The Morgan fingerprint density at radius 3 is 2.20 bits per heavy atom. The van der Waals surface area contributed by atoms with Crippen LogP contribution in [0.15, 0.2) is 53.7 Å². The standard InChI is InChI=1S/C18H23N5O5S2/c1-29(25,26)22-9-11-23(12-10-22)30(27,28)17-6-4-16(5-7-17)21-18(24)20-14-15-3-2-8-19-13-15/h2-8,13H,9-12,14H2,1H3,(H2,20,21,24). The van der Waals surface area contributed by atoms with Crippen molar-refractivity contribution in [1.82, 2.24) is 18.9 Å². The van der Waals surface area contributed by atoms with Gasteiger partial charge in [-0.15, -0.1) is 0 Å². The monoisotopic (exact) mass is 453 g/mol. The van der Waals surface area contributed by atoms with Gasteiger partial charge in [0.05, 0.1) is 11.2 Å². The molecule has 1 fully saturated rings. The maximum atomic E-state index is 12.8. The summed E-state index contributed by atoms with van der Waals surface area (Å²) in [4.78, 5) is 16.1. The van der Waals surface area contributed by atoms with Gasteiger partial charge in [-0.05, 0) is 35.9 Å². The fraction of sp³-hybridized carbons (Fsp3) is 0.333. The summed E-state index contributed by atoms with van der Waals surface area (Å²) in [6.45, 7) is 0.730. The van der Waals surface area contributed by atoms with E-state index in [0.29, 0.717) is 12.2 Å². The molecule has 0 saturated carbocycles. The van der Waals surface area contributed by atoms with Gasteiger partial charge in [0.25, 0.3) is 0 Å². The number of benzene rings is 1. The third kappa shape index (κ3) is 5.53. The highest BCUT2D eigenvalue weighted by Crippen LogP contribution is 2.20. The largest absolute Gasteiger partial charge is 0.334 e. The second-order valence-electron chi connectivity index (χ2n) is 6.76. The molecule has 0 atom stereocenters. The van der Waals surface area contributed by atoms with E-state index in [4.69, 9.17) is 0 Å². The molecular formula is C18H23N5O5S2. The van der Waals surface area contributed by atoms with Crippen LogP contribution in [0.1, 0.15) is 5.56 Å². The van der Waals surface area contributed by atoms with Gasteiger partial charge in [-0.3, -0.25) is 4.98 Å². The predicted molar refractivity (Wildman–Crippen MR) is 112 cm³/mol. The number of nitrogens with one attached hydrogen (secondary N) is 2. The Kier molecular flexibility index (Phi) is 6.71. The van der Waals surface area contributed by atoms with Crippen molar-refractivity contribution in [3.63, 3.8) is 0 Å². The minimum Gasteiger partial charge on any atom is -0.334 e. The highest BCUT2D eigenvalue weighted by molar-refractivity contribution is 7.89. The molecule has 1 aliphatic heterocycles. The molecule has 1 saturated heterocycles. The van der Waals surface area contributed by atoms with Crippen LogP contribution in [0.3, 0.4) is 0 Å². The number of hydrogen-bond acceptors (Lipinski definition) is 6. The molecule has 2 aromatic rings. The van der Waals surface area contributed by atoms with E-state index in [1.165, 1.54) is 32.9 Å². The van der Waals surface area contributed by atoms with Crippen LogP contribution in [0, 0.1) is 0 Å². The molecule has 0 radical (unpaired) electrons. The van der Waals surface area contributed by atoms with Gasteiger partial charge < -0.3 is 10.6 Å². The van der Waals surface area contributed by atoms with Crippen molar-refractivity contribution < 1.29 is 21.6 Å². The number of anilines is 1. The van der Waals surface area contributed by atoms with E-state index in [1.54, 1.807) is 18.5 Å². The highest BCUT2D eigenvalue weighted by Gasteiger charge is 2.31. The molecule has 1 aromatic carbocycles. The van der Waals surface area contributed by atoms with Gasteiger partial charge in [0.1, 0.15) is 0 Å². The number of nitrogens with zero attached hydrogens (tertiary/aromatic N) is 3. The molecule has 1 aliphatic rings. The van der Waals surface area contributed by atoms with Crippen LogP contribution in [0.4, 0.5) is 10.5 Å². The lowest BCUT2D eigenvalue weighted by molar-refractivity contribution is 0.251. The number of piperazine rings is 1. The van der Waals surface area contributed by atoms with Crippen LogP contribution in [-0.4, -0.2) is 68.9 Å². The van der Waals surface area contributed by atoms with Crippen LogP contribution in [-0.2, 0) is 26.6 Å². The van der Waals surface area contributed by atoms with Gasteiger partial charge in [0.15, 0.2) is 0 Å². The topological polar surface area (TPSA) is 129 Å². The second-order valence-corrected chi connectivity index (χ2v) is 10.7. The highest BCUT2D eigenvalue weighted by atomic mass is 32.2. The van der Waals surface area contributed by atoms with Crippen molar-refractivity contribution in [3.8, 4) is 0 Å². The zero-order valence-electron chi connectivity index (χ0n) is 16.4. The third-order valence-corrected chi connectivity index (χ3v) is 7.81. The number of hydrogen-bond donors (Lipinski definition) is 2. The van der Waals surface area contributed by atoms with Crippen molar-refractivity contribution in [2.75, 3.05) is 37.8 Å². The summed E-state index contributed by atoms with van der Waals surface area (Å²) in [5.41, 5.74) is 1.30. The molecule has 0 unspecified atom stereocenters. The van der Waals surface area contributed by atoms with Crippen LogP contribution in [0.25, 0.3) is 0 Å². The lowest BCUT2D eigenvalue weighted by Gasteiger charge is -2.32. The molecule has 1 aromatic heterocycles. The molecule has 2 N–H and O–H groups in total. The Bertz CT molecular complexity index is 1080. The van der Waals surface area contributed by atoms with E-state index >= 15 is 0 Å². The molecule has 3 rings (SSSR count). The smallest absolute Gasteiger partial charge is 0.319 e. The molecule has 2 amide bonds. The first-order chi connectivity index (χ1) is 14.2. The molecule has 162 valence electrons. The first kappa shape index (κ1) is 22.2. The van der Waals surface area contributed by atoms with E-state index < -0.39 is 26.1 Å². The number of sulfonamides is 2. The average molecular weight is 454 g/mol. The zero-order chi connectivity index (χ0) is 21.8. The maximum absolute atomic E-state index is 12.8. The maximum Gasteiger partial charge on any atom is 0.319 e. The van der Waals surface area contributed by atoms with Crippen LogP contribution in [0.2, 0.25) is 0 Å². The summed E-state index contributed by atoms with van der Waals surface area (Å²) in [5.74, 6) is 0. The van der Waals surface area contributed by atoms with Crippen LogP contribution in [0.5, 0.6) is 0 Å². The van der Waals surface area contributed by atoms with Crippen LogP contribution < -0.4 is 10.6 Å². The first-order valence-electron chi connectivity index (χ1n) is 9.15. The Morgan fingerprint density at radius 2 is 1.63 bits per heavy atom. The quantitative estimate of drug-likeness (QED) is 0.661. The Morgan fingerprint density at radius 1 is 1.00 bits per heavy atom. The van der Waals surface area contributed by atoms with Gasteiger partial charge in [0.2, 0.25) is 20.0 Å². The van der Waals surface area contributed by atoms with Gasteiger partial charge in [-0.2, -0.15) is 8.61 Å². The molecule has 0 aliphatic carbocycles. The lowest BCUT2D eigenvalue weighted by atomic mass is 10.3. The second kappa shape index (κ2) is 9.08. The predicted octanol–water partition coefficient (Wildman–Crippen LogP) is 0.669. The van der Waals surface area contributed by atoms with E-state index in [1.807, 2.05) is 6.07 Å². The van der Waals surface area contributed by atoms with Gasteiger partial charge in [-0.1, -0.05) is 6.07 Å². The fourth-order valence-corrected chi connectivity index (χ4v) is 5.21. The molecular weight excluding hydrogens is 430 g/mol.